The van der Waals surface area contributed by atoms with Gasteiger partial charge in [0.25, 0.3) is 0 Å². The Balaban J connectivity index is 1.98. The Morgan fingerprint density at radius 2 is 2.08 bits per heavy atom. The van der Waals surface area contributed by atoms with Gasteiger partial charge < -0.3 is 15.7 Å². The number of benzene rings is 1. The van der Waals surface area contributed by atoms with Crippen molar-refractivity contribution < 1.29 is 9.90 Å². The van der Waals surface area contributed by atoms with E-state index in [1.54, 1.807) is 11.0 Å². The number of rotatable bonds is 7. The molecule has 0 aliphatic heterocycles. The van der Waals surface area contributed by atoms with Crippen LogP contribution < -0.4 is 10.6 Å². The standard InChI is InChI=1S/C17H25N5O2/c1-12(2)7-15(9-23)21-17(24)20-13(3)14-5-4-6-16(8-14)22-11-18-10-19-22/h4-6,8,10-13,15,23H,7,9H2,1-3H3,(H2,20,21,24). The van der Waals surface area contributed by atoms with Gasteiger partial charge in [0.15, 0.2) is 0 Å². The molecule has 0 bridgehead atoms. The van der Waals surface area contributed by atoms with Gasteiger partial charge in [-0.25, -0.2) is 14.5 Å². The van der Waals surface area contributed by atoms with E-state index in [9.17, 15) is 9.90 Å². The minimum absolute atomic E-state index is 0.0677. The summed E-state index contributed by atoms with van der Waals surface area (Å²) in [6.45, 7) is 5.96. The third kappa shape index (κ3) is 5.06. The highest BCUT2D eigenvalue weighted by Crippen LogP contribution is 2.16. The first-order valence-corrected chi connectivity index (χ1v) is 8.12. The molecule has 3 N–H and O–H groups in total. The van der Waals surface area contributed by atoms with Crippen molar-refractivity contribution in [3.63, 3.8) is 0 Å². The first kappa shape index (κ1) is 17.9. The fourth-order valence-electron chi connectivity index (χ4n) is 2.53. The number of carbonyl (C=O) groups excluding carboxylic acids is 1. The minimum atomic E-state index is -0.284. The highest BCUT2D eigenvalue weighted by atomic mass is 16.3. The van der Waals surface area contributed by atoms with E-state index in [-0.39, 0.29) is 24.7 Å². The van der Waals surface area contributed by atoms with Crippen LogP contribution in [0.5, 0.6) is 0 Å². The molecule has 7 heteroatoms. The van der Waals surface area contributed by atoms with E-state index in [1.807, 2.05) is 31.2 Å². The molecule has 2 amide bonds. The smallest absolute Gasteiger partial charge is 0.315 e. The number of hydrogen-bond acceptors (Lipinski definition) is 4. The SMILES string of the molecule is CC(C)CC(CO)NC(=O)NC(C)c1cccc(-n2cncn2)c1. The number of hydrogen-bond donors (Lipinski definition) is 3. The number of urea groups is 1. The molecule has 2 unspecified atom stereocenters. The van der Waals surface area contributed by atoms with Gasteiger partial charge in [-0.2, -0.15) is 5.10 Å². The molecule has 0 radical (unpaired) electrons. The number of aromatic nitrogens is 3. The molecule has 130 valence electrons. The van der Waals surface area contributed by atoms with E-state index in [1.165, 1.54) is 6.33 Å². The van der Waals surface area contributed by atoms with Crippen LogP contribution in [0.1, 0.15) is 38.8 Å². The molecule has 0 saturated carbocycles. The molecule has 1 aromatic carbocycles. The van der Waals surface area contributed by atoms with E-state index in [0.29, 0.717) is 5.92 Å². The fourth-order valence-corrected chi connectivity index (χ4v) is 2.53. The van der Waals surface area contributed by atoms with Crippen molar-refractivity contribution >= 4 is 6.03 Å². The summed E-state index contributed by atoms with van der Waals surface area (Å²) in [5.74, 6) is 0.402. The van der Waals surface area contributed by atoms with Crippen molar-refractivity contribution in [1.82, 2.24) is 25.4 Å². The van der Waals surface area contributed by atoms with E-state index in [4.69, 9.17) is 0 Å². The molecule has 0 aliphatic carbocycles. The maximum Gasteiger partial charge on any atom is 0.315 e. The van der Waals surface area contributed by atoms with Gasteiger partial charge >= 0.3 is 6.03 Å². The number of amides is 2. The van der Waals surface area contributed by atoms with Gasteiger partial charge in [0.05, 0.1) is 24.4 Å². The largest absolute Gasteiger partial charge is 0.394 e. The number of nitrogens with zero attached hydrogens (tertiary/aromatic N) is 3. The average Bonchev–Trinajstić information content (AvgIpc) is 3.08. The number of aliphatic hydroxyl groups is 1. The van der Waals surface area contributed by atoms with Crippen LogP contribution in [0.15, 0.2) is 36.9 Å². The Hall–Kier alpha value is -2.41. The lowest BCUT2D eigenvalue weighted by Crippen LogP contribution is -2.45. The summed E-state index contributed by atoms with van der Waals surface area (Å²) < 4.78 is 1.67. The zero-order valence-corrected chi connectivity index (χ0v) is 14.3. The van der Waals surface area contributed by atoms with Crippen LogP contribution in [0.2, 0.25) is 0 Å². The van der Waals surface area contributed by atoms with Gasteiger partial charge in [0.1, 0.15) is 12.7 Å². The van der Waals surface area contributed by atoms with Crippen LogP contribution in [-0.2, 0) is 0 Å². The maximum atomic E-state index is 12.1. The van der Waals surface area contributed by atoms with Crippen molar-refractivity contribution in [3.8, 4) is 5.69 Å². The molecule has 1 heterocycles. The average molecular weight is 331 g/mol. The molecule has 0 spiro atoms. The molecular weight excluding hydrogens is 306 g/mol. The number of nitrogens with one attached hydrogen (secondary N) is 2. The quantitative estimate of drug-likeness (QED) is 0.724. The molecule has 7 nitrogen and oxygen atoms in total. The molecule has 0 fully saturated rings. The van der Waals surface area contributed by atoms with E-state index in [2.05, 4.69) is 34.6 Å². The van der Waals surface area contributed by atoms with E-state index >= 15 is 0 Å². The molecule has 2 atom stereocenters. The van der Waals surface area contributed by atoms with E-state index in [0.717, 1.165) is 17.7 Å². The number of aliphatic hydroxyl groups excluding tert-OH is 1. The topological polar surface area (TPSA) is 92.1 Å². The van der Waals surface area contributed by atoms with Gasteiger partial charge in [-0.1, -0.05) is 26.0 Å². The molecule has 1 aromatic heterocycles. The summed E-state index contributed by atoms with van der Waals surface area (Å²) >= 11 is 0. The second-order valence-electron chi connectivity index (χ2n) is 6.28. The van der Waals surface area contributed by atoms with Gasteiger partial charge in [-0.3, -0.25) is 0 Å². The van der Waals surface area contributed by atoms with Crippen LogP contribution in [0.3, 0.4) is 0 Å². The van der Waals surface area contributed by atoms with Crippen molar-refractivity contribution in [1.29, 1.82) is 0 Å². The summed E-state index contributed by atoms with van der Waals surface area (Å²) in [4.78, 5) is 16.1. The molecule has 2 aromatic rings. The fraction of sp³-hybridized carbons (Fsp3) is 0.471. The summed E-state index contributed by atoms with van der Waals surface area (Å²) in [6, 6.07) is 7.05. The van der Waals surface area contributed by atoms with Crippen LogP contribution in [0, 0.1) is 5.92 Å². The summed E-state index contributed by atoms with van der Waals surface area (Å²) in [7, 11) is 0. The Bertz CT molecular complexity index is 642. The normalized spacial score (nSPS) is 13.5. The Morgan fingerprint density at radius 3 is 2.71 bits per heavy atom. The Morgan fingerprint density at radius 1 is 1.29 bits per heavy atom. The predicted octanol–water partition coefficient (Wildman–Crippen LogP) is 2.03. The van der Waals surface area contributed by atoms with Crippen molar-refractivity contribution in [2.24, 2.45) is 5.92 Å². The molecule has 0 saturated heterocycles. The van der Waals surface area contributed by atoms with Gasteiger partial charge in [0, 0.05) is 0 Å². The highest BCUT2D eigenvalue weighted by molar-refractivity contribution is 5.74. The van der Waals surface area contributed by atoms with Crippen molar-refractivity contribution in [2.45, 2.75) is 39.3 Å². The zero-order chi connectivity index (χ0) is 17.5. The maximum absolute atomic E-state index is 12.1. The van der Waals surface area contributed by atoms with E-state index < -0.39 is 0 Å². The molecule has 24 heavy (non-hydrogen) atoms. The monoisotopic (exact) mass is 331 g/mol. The Labute approximate surface area is 142 Å². The highest BCUT2D eigenvalue weighted by Gasteiger charge is 2.15. The van der Waals surface area contributed by atoms with Gasteiger partial charge in [0.2, 0.25) is 0 Å². The van der Waals surface area contributed by atoms with Gasteiger partial charge in [-0.15, -0.1) is 0 Å². The first-order chi connectivity index (χ1) is 11.5. The second-order valence-corrected chi connectivity index (χ2v) is 6.28. The van der Waals surface area contributed by atoms with Crippen molar-refractivity contribution in [3.05, 3.63) is 42.5 Å². The van der Waals surface area contributed by atoms with Gasteiger partial charge in [-0.05, 0) is 37.0 Å². The van der Waals surface area contributed by atoms with Crippen LogP contribution in [0.25, 0.3) is 5.69 Å². The molecule has 2 rings (SSSR count). The third-order valence-electron chi connectivity index (χ3n) is 3.71. The van der Waals surface area contributed by atoms with Crippen LogP contribution in [0.4, 0.5) is 4.79 Å². The third-order valence-corrected chi connectivity index (χ3v) is 3.71. The lowest BCUT2D eigenvalue weighted by Gasteiger charge is -2.21. The molecular formula is C17H25N5O2. The minimum Gasteiger partial charge on any atom is -0.394 e. The van der Waals surface area contributed by atoms with Crippen molar-refractivity contribution in [2.75, 3.05) is 6.61 Å². The first-order valence-electron chi connectivity index (χ1n) is 8.12. The zero-order valence-electron chi connectivity index (χ0n) is 14.3. The molecule has 0 aliphatic rings. The predicted molar refractivity (Wildman–Crippen MR) is 91.8 cm³/mol. The summed E-state index contributed by atoms with van der Waals surface area (Å²) in [5.41, 5.74) is 1.84. The lowest BCUT2D eigenvalue weighted by molar-refractivity contribution is 0.205. The van der Waals surface area contributed by atoms with Crippen LogP contribution in [-0.4, -0.2) is 38.6 Å². The summed E-state index contributed by atoms with van der Waals surface area (Å²) in [6.07, 6.45) is 3.84. The second kappa shape index (κ2) is 8.44. The summed E-state index contributed by atoms with van der Waals surface area (Å²) in [5, 5.41) is 19.2. The Kier molecular flexibility index (Phi) is 6.31. The lowest BCUT2D eigenvalue weighted by atomic mass is 10.0. The number of carbonyl (C=O) groups is 1. The van der Waals surface area contributed by atoms with Crippen LogP contribution >= 0.6 is 0 Å².